The third-order valence-electron chi connectivity index (χ3n) is 3.34. The van der Waals surface area contributed by atoms with Crippen molar-refractivity contribution in [1.82, 2.24) is 19.9 Å². The van der Waals surface area contributed by atoms with Gasteiger partial charge in [-0.15, -0.1) is 0 Å². The lowest BCUT2D eigenvalue weighted by atomic mass is 10.2. The van der Waals surface area contributed by atoms with E-state index in [-0.39, 0.29) is 11.1 Å². The molecule has 0 bridgehead atoms. The smallest absolute Gasteiger partial charge is 0.420 e. The van der Waals surface area contributed by atoms with Crippen LogP contribution in [-0.2, 0) is 4.74 Å². The number of imidazole rings is 1. The third kappa shape index (κ3) is 3.70. The molecule has 0 aliphatic heterocycles. The summed E-state index contributed by atoms with van der Waals surface area (Å²) >= 11 is 6.03. The molecule has 0 aliphatic rings. The van der Waals surface area contributed by atoms with Gasteiger partial charge < -0.3 is 14.5 Å². The van der Waals surface area contributed by atoms with E-state index in [1.807, 2.05) is 0 Å². The highest BCUT2D eigenvalue weighted by atomic mass is 35.5. The van der Waals surface area contributed by atoms with E-state index in [4.69, 9.17) is 21.1 Å². The van der Waals surface area contributed by atoms with E-state index in [0.29, 0.717) is 22.6 Å². The van der Waals surface area contributed by atoms with Crippen LogP contribution in [0.5, 0.6) is 5.75 Å². The number of anilines is 2. The van der Waals surface area contributed by atoms with E-state index in [1.165, 1.54) is 11.2 Å². The van der Waals surface area contributed by atoms with Gasteiger partial charge in [-0.25, -0.2) is 14.7 Å². The fraction of sp³-hybridized carbons (Fsp3) is 0.294. The molecule has 1 aromatic carbocycles. The molecule has 2 heterocycles. The van der Waals surface area contributed by atoms with E-state index in [9.17, 15) is 4.79 Å². The van der Waals surface area contributed by atoms with Gasteiger partial charge in [0, 0.05) is 6.07 Å². The van der Waals surface area contributed by atoms with Crippen molar-refractivity contribution >= 4 is 40.4 Å². The van der Waals surface area contributed by atoms with Crippen LogP contribution in [-0.4, -0.2) is 38.7 Å². The minimum absolute atomic E-state index is 0.0314. The van der Waals surface area contributed by atoms with Gasteiger partial charge >= 0.3 is 6.09 Å². The zero-order valence-electron chi connectivity index (χ0n) is 14.8. The number of fused-ring (bicyclic) bond motifs is 1. The number of carbonyl (C=O) groups excluding carboxylic acids is 1. The van der Waals surface area contributed by atoms with Gasteiger partial charge in [0.1, 0.15) is 16.9 Å². The molecule has 3 rings (SSSR count). The molecule has 1 amide bonds. The largest absolute Gasteiger partial charge is 0.497 e. The van der Waals surface area contributed by atoms with Gasteiger partial charge in [0.2, 0.25) is 5.28 Å². The van der Waals surface area contributed by atoms with Gasteiger partial charge in [-0.3, -0.25) is 0 Å². The number of nitrogens with one attached hydrogen (secondary N) is 1. The lowest BCUT2D eigenvalue weighted by molar-refractivity contribution is 0.0598. The first kappa shape index (κ1) is 17.9. The third-order valence-corrected chi connectivity index (χ3v) is 3.51. The second kappa shape index (κ2) is 6.80. The van der Waals surface area contributed by atoms with Crippen molar-refractivity contribution in [2.45, 2.75) is 26.4 Å². The van der Waals surface area contributed by atoms with Crippen molar-refractivity contribution in [3.63, 3.8) is 0 Å². The second-order valence-electron chi connectivity index (χ2n) is 6.43. The summed E-state index contributed by atoms with van der Waals surface area (Å²) in [5, 5.41) is -0.0314. The number of benzene rings is 1. The molecule has 1 N–H and O–H groups in total. The molecule has 0 spiro atoms. The van der Waals surface area contributed by atoms with Crippen molar-refractivity contribution in [2.24, 2.45) is 0 Å². The molecule has 8 nitrogen and oxygen atoms in total. The number of H-pyrrole nitrogens is 1. The summed E-state index contributed by atoms with van der Waals surface area (Å²) in [7, 11) is 1.55. The van der Waals surface area contributed by atoms with Crippen LogP contribution < -0.4 is 9.64 Å². The number of nitrogens with zero attached hydrogens (tertiary/aromatic N) is 4. The number of aromatic amines is 1. The van der Waals surface area contributed by atoms with Crippen LogP contribution >= 0.6 is 11.6 Å². The fourth-order valence-electron chi connectivity index (χ4n) is 2.33. The number of rotatable bonds is 3. The predicted octanol–water partition coefficient (Wildman–Crippen LogP) is 4.09. The molecule has 0 saturated heterocycles. The Bertz CT molecular complexity index is 951. The first-order chi connectivity index (χ1) is 12.3. The molecule has 2 aromatic heterocycles. The van der Waals surface area contributed by atoms with Crippen LogP contribution in [0, 0.1) is 0 Å². The SMILES string of the molecule is COc1cccc(N(C(=O)OC(C)(C)C)c2nc(Cl)nc3nc[nH]c23)c1. The van der Waals surface area contributed by atoms with Gasteiger partial charge in [-0.05, 0) is 44.5 Å². The number of ether oxygens (including phenoxy) is 2. The normalized spacial score (nSPS) is 11.4. The zero-order chi connectivity index (χ0) is 18.9. The zero-order valence-corrected chi connectivity index (χ0v) is 15.5. The van der Waals surface area contributed by atoms with Crippen LogP contribution in [0.4, 0.5) is 16.3 Å². The van der Waals surface area contributed by atoms with Gasteiger partial charge in [0.15, 0.2) is 11.5 Å². The molecule has 136 valence electrons. The number of methoxy groups -OCH3 is 1. The van der Waals surface area contributed by atoms with Crippen molar-refractivity contribution in [3.8, 4) is 5.75 Å². The second-order valence-corrected chi connectivity index (χ2v) is 6.77. The van der Waals surface area contributed by atoms with Gasteiger partial charge in [0.05, 0.1) is 19.1 Å². The maximum absolute atomic E-state index is 13.0. The summed E-state index contributed by atoms with van der Waals surface area (Å²) in [5.41, 5.74) is 0.613. The Hall–Kier alpha value is -2.87. The Balaban J connectivity index is 2.19. The minimum Gasteiger partial charge on any atom is -0.497 e. The first-order valence-corrected chi connectivity index (χ1v) is 8.20. The summed E-state index contributed by atoms with van der Waals surface area (Å²) in [6, 6.07) is 6.97. The van der Waals surface area contributed by atoms with E-state index >= 15 is 0 Å². The minimum atomic E-state index is -0.696. The maximum atomic E-state index is 13.0. The average molecular weight is 376 g/mol. The van der Waals surface area contributed by atoms with Gasteiger partial charge in [0.25, 0.3) is 0 Å². The summed E-state index contributed by atoms with van der Waals surface area (Å²) < 4.78 is 10.8. The number of hydrogen-bond donors (Lipinski definition) is 1. The fourth-order valence-corrected chi connectivity index (χ4v) is 2.49. The summed E-state index contributed by atoms with van der Waals surface area (Å²) in [5.74, 6) is 0.817. The van der Waals surface area contributed by atoms with E-state index in [1.54, 1.807) is 52.1 Å². The summed E-state index contributed by atoms with van der Waals surface area (Å²) in [6.45, 7) is 5.36. The topological polar surface area (TPSA) is 93.2 Å². The molecular weight excluding hydrogens is 358 g/mol. The van der Waals surface area contributed by atoms with Crippen molar-refractivity contribution in [2.75, 3.05) is 12.0 Å². The van der Waals surface area contributed by atoms with Gasteiger partial charge in [-0.1, -0.05) is 6.07 Å². The van der Waals surface area contributed by atoms with Crippen LogP contribution in [0.1, 0.15) is 20.8 Å². The Morgan fingerprint density at radius 2 is 2.04 bits per heavy atom. The van der Waals surface area contributed by atoms with Crippen molar-refractivity contribution in [3.05, 3.63) is 35.9 Å². The van der Waals surface area contributed by atoms with Crippen LogP contribution in [0.3, 0.4) is 0 Å². The number of hydrogen-bond acceptors (Lipinski definition) is 6. The predicted molar refractivity (Wildman–Crippen MR) is 98.1 cm³/mol. The Morgan fingerprint density at radius 3 is 2.73 bits per heavy atom. The maximum Gasteiger partial charge on any atom is 0.420 e. The lowest BCUT2D eigenvalue weighted by Crippen LogP contribution is -2.34. The Morgan fingerprint density at radius 1 is 1.27 bits per heavy atom. The van der Waals surface area contributed by atoms with Crippen molar-refractivity contribution in [1.29, 1.82) is 0 Å². The highest BCUT2D eigenvalue weighted by Crippen LogP contribution is 2.33. The standard InChI is InChI=1S/C17H18ClN5O3/c1-17(2,3)26-16(24)23(10-6-5-7-11(8-10)25-4)14-12-13(20-9-19-12)21-15(18)22-14/h5-9H,1-4H3,(H,19,20,21,22). The van der Waals surface area contributed by atoms with Gasteiger partial charge in [-0.2, -0.15) is 9.97 Å². The summed E-state index contributed by atoms with van der Waals surface area (Å²) in [6.07, 6.45) is 0.842. The van der Waals surface area contributed by atoms with Crippen LogP contribution in [0.15, 0.2) is 30.6 Å². The monoisotopic (exact) mass is 375 g/mol. The first-order valence-electron chi connectivity index (χ1n) is 7.82. The molecule has 0 unspecified atom stereocenters. The Labute approximate surface area is 155 Å². The van der Waals surface area contributed by atoms with Crippen molar-refractivity contribution < 1.29 is 14.3 Å². The lowest BCUT2D eigenvalue weighted by Gasteiger charge is -2.27. The van der Waals surface area contributed by atoms with E-state index in [2.05, 4.69) is 19.9 Å². The quantitative estimate of drug-likeness (QED) is 0.693. The van der Waals surface area contributed by atoms with E-state index in [0.717, 1.165) is 0 Å². The molecule has 3 aromatic rings. The number of carbonyl (C=O) groups is 1. The molecule has 0 saturated carbocycles. The molecule has 9 heteroatoms. The average Bonchev–Trinajstić information content (AvgIpc) is 3.01. The van der Waals surface area contributed by atoms with E-state index < -0.39 is 11.7 Å². The summed E-state index contributed by atoms with van der Waals surface area (Å²) in [4.78, 5) is 29.6. The number of amides is 1. The van der Waals surface area contributed by atoms with Crippen LogP contribution in [0.25, 0.3) is 11.2 Å². The molecule has 26 heavy (non-hydrogen) atoms. The van der Waals surface area contributed by atoms with Crippen LogP contribution in [0.2, 0.25) is 5.28 Å². The molecule has 0 radical (unpaired) electrons. The molecule has 0 atom stereocenters. The molecular formula is C17H18ClN5O3. The highest BCUT2D eigenvalue weighted by Gasteiger charge is 2.29. The number of aromatic nitrogens is 4. The molecule has 0 fully saturated rings. The highest BCUT2D eigenvalue weighted by molar-refractivity contribution is 6.28. The Kier molecular flexibility index (Phi) is 4.69. The number of halogens is 1. The molecule has 0 aliphatic carbocycles.